The van der Waals surface area contributed by atoms with Crippen LogP contribution < -0.4 is 5.32 Å². The van der Waals surface area contributed by atoms with Gasteiger partial charge in [-0.05, 0) is 30.3 Å². The van der Waals surface area contributed by atoms with E-state index in [0.29, 0.717) is 11.4 Å². The summed E-state index contributed by atoms with van der Waals surface area (Å²) in [6, 6.07) is 9.54. The number of methoxy groups -OCH3 is 1. The quantitative estimate of drug-likeness (QED) is 0.879. The summed E-state index contributed by atoms with van der Waals surface area (Å²) in [6.45, 7) is 0.383. The molecule has 0 aliphatic carbocycles. The van der Waals surface area contributed by atoms with Crippen LogP contribution in [-0.2, 0) is 11.3 Å². The summed E-state index contributed by atoms with van der Waals surface area (Å²) in [5, 5.41) is 11.6. The highest BCUT2D eigenvalue weighted by Crippen LogP contribution is 2.20. The van der Waals surface area contributed by atoms with E-state index in [-0.39, 0.29) is 11.3 Å². The molecule has 1 N–H and O–H groups in total. The molecular formula is C14H11FN2O2S. The number of nitrogens with zero attached hydrogens (tertiary/aromatic N) is 1. The third-order valence-electron chi connectivity index (χ3n) is 2.61. The van der Waals surface area contributed by atoms with Crippen LogP contribution in [0.1, 0.15) is 20.1 Å². The van der Waals surface area contributed by atoms with Gasteiger partial charge in [-0.1, -0.05) is 0 Å². The van der Waals surface area contributed by atoms with Crippen LogP contribution in [-0.4, -0.2) is 13.1 Å². The fourth-order valence-corrected chi connectivity index (χ4v) is 2.37. The van der Waals surface area contributed by atoms with Gasteiger partial charge in [-0.15, -0.1) is 11.3 Å². The molecule has 1 heterocycles. The number of ether oxygens (including phenoxy) is 1. The largest absolute Gasteiger partial charge is 0.465 e. The van der Waals surface area contributed by atoms with Crippen LogP contribution in [0, 0.1) is 17.1 Å². The molecule has 0 fully saturated rings. The predicted molar refractivity (Wildman–Crippen MR) is 74.1 cm³/mol. The van der Waals surface area contributed by atoms with Crippen molar-refractivity contribution >= 4 is 23.0 Å². The zero-order chi connectivity index (χ0) is 14.5. The summed E-state index contributed by atoms with van der Waals surface area (Å²) in [7, 11) is 1.27. The van der Waals surface area contributed by atoms with E-state index < -0.39 is 11.8 Å². The minimum absolute atomic E-state index is 0.222. The monoisotopic (exact) mass is 290 g/mol. The number of halogens is 1. The fraction of sp³-hybridized carbons (Fsp3) is 0.143. The third kappa shape index (κ3) is 3.13. The fourth-order valence-electron chi connectivity index (χ4n) is 1.62. The molecule has 0 aliphatic heterocycles. The van der Waals surface area contributed by atoms with E-state index in [0.717, 1.165) is 4.88 Å². The van der Waals surface area contributed by atoms with Crippen molar-refractivity contribution in [3.8, 4) is 6.07 Å². The van der Waals surface area contributed by atoms with Crippen molar-refractivity contribution in [2.45, 2.75) is 6.54 Å². The van der Waals surface area contributed by atoms with Gasteiger partial charge in [-0.3, -0.25) is 0 Å². The van der Waals surface area contributed by atoms with Crippen LogP contribution in [0.3, 0.4) is 0 Å². The van der Waals surface area contributed by atoms with Crippen molar-refractivity contribution in [2.75, 3.05) is 12.4 Å². The maximum absolute atomic E-state index is 13.6. The van der Waals surface area contributed by atoms with Gasteiger partial charge in [-0.25, -0.2) is 9.18 Å². The highest BCUT2D eigenvalue weighted by molar-refractivity contribution is 7.12. The maximum Gasteiger partial charge on any atom is 0.337 e. The summed E-state index contributed by atoms with van der Waals surface area (Å²) in [5.74, 6) is -0.967. The van der Waals surface area contributed by atoms with Gasteiger partial charge in [0, 0.05) is 11.4 Å². The number of carbonyl (C=O) groups excluding carboxylic acids is 1. The molecule has 4 nitrogen and oxygen atoms in total. The normalized spacial score (nSPS) is 9.85. The minimum atomic E-state index is -0.518. The number of nitriles is 1. The van der Waals surface area contributed by atoms with Crippen LogP contribution in [0.15, 0.2) is 30.3 Å². The summed E-state index contributed by atoms with van der Waals surface area (Å²) in [5.41, 5.74) is 0.500. The number of nitrogens with one attached hydrogen (secondary N) is 1. The number of carbonyl (C=O) groups is 1. The van der Waals surface area contributed by atoms with Gasteiger partial charge in [-0.2, -0.15) is 5.26 Å². The van der Waals surface area contributed by atoms with E-state index >= 15 is 0 Å². The Hall–Kier alpha value is -2.39. The average Bonchev–Trinajstić information content (AvgIpc) is 2.93. The second-order valence-corrected chi connectivity index (χ2v) is 5.09. The maximum atomic E-state index is 13.6. The summed E-state index contributed by atoms with van der Waals surface area (Å²) >= 11 is 1.34. The van der Waals surface area contributed by atoms with Crippen molar-refractivity contribution in [1.29, 1.82) is 5.26 Å². The molecule has 1 aromatic heterocycles. The molecule has 102 valence electrons. The van der Waals surface area contributed by atoms with Crippen molar-refractivity contribution < 1.29 is 13.9 Å². The minimum Gasteiger partial charge on any atom is -0.465 e. The Labute approximate surface area is 119 Å². The first-order chi connectivity index (χ1) is 9.63. The number of hydrogen-bond donors (Lipinski definition) is 1. The standard InChI is InChI=1S/C14H11FN2O2S/c1-19-14(18)9-2-5-12(15)13(6-9)17-8-11-4-3-10(7-16)20-11/h2-6,17H,8H2,1H3. The summed E-state index contributed by atoms with van der Waals surface area (Å²) in [4.78, 5) is 12.9. The second kappa shape index (κ2) is 6.17. The van der Waals surface area contributed by atoms with E-state index in [4.69, 9.17) is 5.26 Å². The predicted octanol–water partition coefficient (Wildman–Crippen LogP) is 3.16. The Morgan fingerprint density at radius 3 is 2.90 bits per heavy atom. The highest BCUT2D eigenvalue weighted by atomic mass is 32.1. The molecule has 2 aromatic rings. The lowest BCUT2D eigenvalue weighted by Crippen LogP contribution is -2.05. The number of anilines is 1. The Morgan fingerprint density at radius 1 is 1.45 bits per heavy atom. The smallest absolute Gasteiger partial charge is 0.337 e. The topological polar surface area (TPSA) is 62.1 Å². The molecule has 0 unspecified atom stereocenters. The molecule has 0 radical (unpaired) electrons. The summed E-state index contributed by atoms with van der Waals surface area (Å²) in [6.07, 6.45) is 0. The zero-order valence-corrected chi connectivity index (χ0v) is 11.5. The Bertz CT molecular complexity index is 676. The SMILES string of the molecule is COC(=O)c1ccc(F)c(NCc2ccc(C#N)s2)c1. The second-order valence-electron chi connectivity index (χ2n) is 3.92. The van der Waals surface area contributed by atoms with E-state index in [9.17, 15) is 9.18 Å². The van der Waals surface area contributed by atoms with Gasteiger partial charge in [0.1, 0.15) is 16.8 Å². The highest BCUT2D eigenvalue weighted by Gasteiger charge is 2.10. The van der Waals surface area contributed by atoms with E-state index in [2.05, 4.69) is 10.1 Å². The van der Waals surface area contributed by atoms with Gasteiger partial charge >= 0.3 is 5.97 Å². The van der Waals surface area contributed by atoms with Gasteiger partial charge in [0.05, 0.1) is 18.4 Å². The number of esters is 1. The Morgan fingerprint density at radius 2 is 2.25 bits per heavy atom. The van der Waals surface area contributed by atoms with Crippen LogP contribution in [0.2, 0.25) is 0 Å². The van der Waals surface area contributed by atoms with Gasteiger partial charge in [0.2, 0.25) is 0 Å². The molecule has 0 atom stereocenters. The molecule has 6 heteroatoms. The molecule has 1 aromatic carbocycles. The lowest BCUT2D eigenvalue weighted by atomic mass is 10.2. The van der Waals surface area contributed by atoms with Crippen molar-refractivity contribution in [3.63, 3.8) is 0 Å². The first-order valence-electron chi connectivity index (χ1n) is 5.74. The number of rotatable bonds is 4. The Balaban J connectivity index is 2.12. The van der Waals surface area contributed by atoms with Crippen LogP contribution in [0.5, 0.6) is 0 Å². The van der Waals surface area contributed by atoms with E-state index in [1.54, 1.807) is 12.1 Å². The zero-order valence-electron chi connectivity index (χ0n) is 10.6. The van der Waals surface area contributed by atoms with Crippen molar-refractivity contribution in [3.05, 3.63) is 51.5 Å². The Kier molecular flexibility index (Phi) is 4.33. The first kappa shape index (κ1) is 14.0. The van der Waals surface area contributed by atoms with Gasteiger partial charge < -0.3 is 10.1 Å². The lowest BCUT2D eigenvalue weighted by Gasteiger charge is -2.08. The van der Waals surface area contributed by atoms with Crippen LogP contribution >= 0.6 is 11.3 Å². The molecule has 20 heavy (non-hydrogen) atoms. The molecule has 0 saturated heterocycles. The van der Waals surface area contributed by atoms with Crippen LogP contribution in [0.25, 0.3) is 0 Å². The van der Waals surface area contributed by atoms with Crippen molar-refractivity contribution in [2.24, 2.45) is 0 Å². The average molecular weight is 290 g/mol. The van der Waals surface area contributed by atoms with Crippen molar-refractivity contribution in [1.82, 2.24) is 0 Å². The summed E-state index contributed by atoms with van der Waals surface area (Å²) < 4.78 is 18.2. The first-order valence-corrected chi connectivity index (χ1v) is 6.56. The van der Waals surface area contributed by atoms with Gasteiger partial charge in [0.25, 0.3) is 0 Å². The molecule has 0 spiro atoms. The number of benzene rings is 1. The van der Waals surface area contributed by atoms with E-state index in [1.165, 1.54) is 36.6 Å². The molecule has 0 aliphatic rings. The van der Waals surface area contributed by atoms with Gasteiger partial charge in [0.15, 0.2) is 0 Å². The third-order valence-corrected chi connectivity index (χ3v) is 3.60. The number of thiophene rings is 1. The molecular weight excluding hydrogens is 279 g/mol. The molecule has 0 saturated carbocycles. The molecule has 2 rings (SSSR count). The number of hydrogen-bond acceptors (Lipinski definition) is 5. The lowest BCUT2D eigenvalue weighted by molar-refractivity contribution is 0.0600. The molecule has 0 amide bonds. The van der Waals surface area contributed by atoms with Crippen LogP contribution in [0.4, 0.5) is 10.1 Å². The van der Waals surface area contributed by atoms with E-state index in [1.807, 2.05) is 6.07 Å². The molecule has 0 bridgehead atoms.